The van der Waals surface area contributed by atoms with E-state index in [1.54, 1.807) is 37.4 Å². The van der Waals surface area contributed by atoms with Gasteiger partial charge in [-0.25, -0.2) is 8.42 Å². The van der Waals surface area contributed by atoms with Crippen LogP contribution in [0.5, 0.6) is 5.75 Å². The van der Waals surface area contributed by atoms with Crippen LogP contribution >= 0.6 is 0 Å². The number of rotatable bonds is 5. The molecule has 1 aromatic heterocycles. The lowest BCUT2D eigenvalue weighted by atomic mass is 10.0. The van der Waals surface area contributed by atoms with E-state index in [1.807, 2.05) is 6.07 Å². The Morgan fingerprint density at radius 2 is 2.05 bits per heavy atom. The highest BCUT2D eigenvalue weighted by Crippen LogP contribution is 2.28. The second kappa shape index (κ2) is 6.45. The van der Waals surface area contributed by atoms with Crippen LogP contribution in [0.3, 0.4) is 0 Å². The minimum absolute atomic E-state index is 0.0120. The summed E-state index contributed by atoms with van der Waals surface area (Å²) in [4.78, 5) is 4.04. The Morgan fingerprint density at radius 1 is 1.27 bits per heavy atom. The van der Waals surface area contributed by atoms with Crippen molar-refractivity contribution in [2.24, 2.45) is 0 Å². The molecule has 2 rings (SSSR count). The number of sulfonamides is 1. The van der Waals surface area contributed by atoms with Gasteiger partial charge < -0.3 is 4.74 Å². The number of nitriles is 1. The summed E-state index contributed by atoms with van der Waals surface area (Å²) < 4.78 is 30.8. The van der Waals surface area contributed by atoms with Gasteiger partial charge in [0.15, 0.2) is 0 Å². The number of nitrogens with zero attached hydrogens (tertiary/aromatic N) is 2. The molecule has 0 atom stereocenters. The molecule has 7 heteroatoms. The average molecular weight is 317 g/mol. The zero-order valence-electron chi connectivity index (χ0n) is 12.2. The zero-order chi connectivity index (χ0) is 16.2. The molecule has 0 spiro atoms. The van der Waals surface area contributed by atoms with Gasteiger partial charge in [0.05, 0.1) is 30.3 Å². The number of hydrogen-bond acceptors (Lipinski definition) is 5. The van der Waals surface area contributed by atoms with Crippen LogP contribution in [0.1, 0.15) is 12.5 Å². The third-order valence-corrected chi connectivity index (χ3v) is 4.35. The van der Waals surface area contributed by atoms with Crippen LogP contribution in [0.2, 0.25) is 0 Å². The van der Waals surface area contributed by atoms with E-state index >= 15 is 0 Å². The fourth-order valence-electron chi connectivity index (χ4n) is 1.87. The lowest BCUT2D eigenvalue weighted by Crippen LogP contribution is -2.14. The summed E-state index contributed by atoms with van der Waals surface area (Å²) in [6.45, 7) is 1.56. The number of hydrogen-bond donors (Lipinski definition) is 1. The second-order valence-electron chi connectivity index (χ2n) is 4.49. The standard InChI is InChI=1S/C15H15N3O3S/c1-3-22(19,20)18-14-6-13(9-17-10-14)11-4-5-12(8-16)15(7-11)21-2/h4-7,9-10,18H,3H2,1-2H3. The Kier molecular flexibility index (Phi) is 4.63. The monoisotopic (exact) mass is 317 g/mol. The third kappa shape index (κ3) is 3.54. The fraction of sp³-hybridized carbons (Fsp3) is 0.200. The molecular formula is C15H15N3O3S. The smallest absolute Gasteiger partial charge is 0.232 e. The molecule has 0 aliphatic heterocycles. The lowest BCUT2D eigenvalue weighted by Gasteiger charge is -2.09. The maximum atomic E-state index is 11.6. The average Bonchev–Trinajstić information content (AvgIpc) is 2.54. The van der Waals surface area contributed by atoms with Gasteiger partial charge in [0.2, 0.25) is 10.0 Å². The predicted octanol–water partition coefficient (Wildman–Crippen LogP) is 2.39. The summed E-state index contributed by atoms with van der Waals surface area (Å²) in [6, 6.07) is 8.85. The summed E-state index contributed by atoms with van der Waals surface area (Å²) in [7, 11) is -1.86. The first-order valence-corrected chi connectivity index (χ1v) is 8.18. The van der Waals surface area contributed by atoms with Gasteiger partial charge in [-0.3, -0.25) is 9.71 Å². The van der Waals surface area contributed by atoms with Crippen LogP contribution < -0.4 is 9.46 Å². The van der Waals surface area contributed by atoms with E-state index in [-0.39, 0.29) is 5.75 Å². The summed E-state index contributed by atoms with van der Waals surface area (Å²) in [5, 5.41) is 8.99. The SMILES string of the molecule is CCS(=O)(=O)Nc1cncc(-c2ccc(C#N)c(OC)c2)c1. The summed E-state index contributed by atoms with van der Waals surface area (Å²) in [5.41, 5.74) is 2.32. The normalized spacial score (nSPS) is 10.8. The van der Waals surface area contributed by atoms with Gasteiger partial charge in [0.1, 0.15) is 11.8 Å². The van der Waals surface area contributed by atoms with Gasteiger partial charge in [-0.1, -0.05) is 6.07 Å². The van der Waals surface area contributed by atoms with E-state index in [4.69, 9.17) is 10.00 Å². The largest absolute Gasteiger partial charge is 0.495 e. The van der Waals surface area contributed by atoms with Crippen LogP contribution in [0.25, 0.3) is 11.1 Å². The molecule has 0 unspecified atom stereocenters. The highest BCUT2D eigenvalue weighted by Gasteiger charge is 2.09. The highest BCUT2D eigenvalue weighted by molar-refractivity contribution is 7.92. The van der Waals surface area contributed by atoms with Gasteiger partial charge in [0, 0.05) is 11.8 Å². The summed E-state index contributed by atoms with van der Waals surface area (Å²) in [5.74, 6) is 0.446. The minimum Gasteiger partial charge on any atom is -0.495 e. The Hall–Kier alpha value is -2.59. The fourth-order valence-corrected chi connectivity index (χ4v) is 2.48. The molecule has 0 radical (unpaired) electrons. The molecule has 1 N–H and O–H groups in total. The van der Waals surface area contributed by atoms with E-state index in [0.717, 1.165) is 11.1 Å². The van der Waals surface area contributed by atoms with Gasteiger partial charge >= 0.3 is 0 Å². The van der Waals surface area contributed by atoms with Crippen LogP contribution in [-0.2, 0) is 10.0 Å². The summed E-state index contributed by atoms with van der Waals surface area (Å²) >= 11 is 0. The number of nitrogens with one attached hydrogen (secondary N) is 1. The van der Waals surface area contributed by atoms with Crippen molar-refractivity contribution in [3.63, 3.8) is 0 Å². The van der Waals surface area contributed by atoms with Crippen molar-refractivity contribution in [3.05, 3.63) is 42.2 Å². The van der Waals surface area contributed by atoms with E-state index in [0.29, 0.717) is 17.0 Å². The van der Waals surface area contributed by atoms with E-state index in [9.17, 15) is 8.42 Å². The molecule has 0 amide bonds. The van der Waals surface area contributed by atoms with Gasteiger partial charge in [-0.05, 0) is 30.7 Å². The molecule has 2 aromatic rings. The number of methoxy groups -OCH3 is 1. The van der Waals surface area contributed by atoms with Crippen molar-refractivity contribution in [1.29, 1.82) is 5.26 Å². The van der Waals surface area contributed by atoms with Gasteiger partial charge in [-0.15, -0.1) is 0 Å². The number of benzene rings is 1. The van der Waals surface area contributed by atoms with E-state index in [2.05, 4.69) is 9.71 Å². The van der Waals surface area contributed by atoms with E-state index in [1.165, 1.54) is 13.3 Å². The van der Waals surface area contributed by atoms with Crippen molar-refractivity contribution in [1.82, 2.24) is 4.98 Å². The van der Waals surface area contributed by atoms with Crippen molar-refractivity contribution in [3.8, 4) is 22.9 Å². The topological polar surface area (TPSA) is 92.1 Å². The number of aromatic nitrogens is 1. The van der Waals surface area contributed by atoms with Crippen LogP contribution in [0.15, 0.2) is 36.7 Å². The van der Waals surface area contributed by atoms with Crippen molar-refractivity contribution in [2.75, 3.05) is 17.6 Å². The molecule has 22 heavy (non-hydrogen) atoms. The number of ether oxygens (including phenoxy) is 1. The third-order valence-electron chi connectivity index (χ3n) is 3.05. The van der Waals surface area contributed by atoms with Crippen LogP contribution in [0.4, 0.5) is 5.69 Å². The Bertz CT molecular complexity index is 826. The van der Waals surface area contributed by atoms with Gasteiger partial charge in [0.25, 0.3) is 0 Å². The molecule has 0 aliphatic carbocycles. The van der Waals surface area contributed by atoms with Crippen molar-refractivity contribution < 1.29 is 13.2 Å². The van der Waals surface area contributed by atoms with Gasteiger partial charge in [-0.2, -0.15) is 5.26 Å². The molecule has 0 saturated carbocycles. The number of pyridine rings is 1. The minimum atomic E-state index is -3.35. The predicted molar refractivity (Wildman–Crippen MR) is 84.0 cm³/mol. The van der Waals surface area contributed by atoms with Crippen molar-refractivity contribution in [2.45, 2.75) is 6.92 Å². The Balaban J connectivity index is 2.40. The molecule has 0 fully saturated rings. The lowest BCUT2D eigenvalue weighted by molar-refractivity contribution is 0.413. The van der Waals surface area contributed by atoms with Crippen molar-refractivity contribution >= 4 is 15.7 Å². The molecule has 6 nitrogen and oxygen atoms in total. The van der Waals surface area contributed by atoms with E-state index < -0.39 is 10.0 Å². The Morgan fingerprint density at radius 3 is 2.68 bits per heavy atom. The number of anilines is 1. The van der Waals surface area contributed by atoms with Crippen LogP contribution in [0, 0.1) is 11.3 Å². The molecule has 1 heterocycles. The second-order valence-corrected chi connectivity index (χ2v) is 6.51. The molecule has 0 aliphatic rings. The quantitative estimate of drug-likeness (QED) is 0.914. The molecule has 114 valence electrons. The Labute approximate surface area is 129 Å². The summed E-state index contributed by atoms with van der Waals surface area (Å²) in [6.07, 6.45) is 3.06. The molecular weight excluding hydrogens is 302 g/mol. The highest BCUT2D eigenvalue weighted by atomic mass is 32.2. The molecule has 0 bridgehead atoms. The maximum absolute atomic E-state index is 11.6. The zero-order valence-corrected chi connectivity index (χ0v) is 13.0. The molecule has 0 saturated heterocycles. The van der Waals surface area contributed by atoms with Crippen LogP contribution in [-0.4, -0.2) is 26.3 Å². The maximum Gasteiger partial charge on any atom is 0.232 e. The first-order valence-electron chi connectivity index (χ1n) is 6.53. The first kappa shape index (κ1) is 15.8. The first-order chi connectivity index (χ1) is 10.5. The molecule has 1 aromatic carbocycles.